The van der Waals surface area contributed by atoms with Crippen LogP contribution in [0.1, 0.15) is 19.4 Å². The van der Waals surface area contributed by atoms with Gasteiger partial charge in [-0.1, -0.05) is 13.8 Å². The minimum Gasteiger partial charge on any atom is -0.264 e. The number of pyridine rings is 1. The molecule has 0 aromatic carbocycles. The molecule has 0 fully saturated rings. The van der Waals surface area contributed by atoms with Gasteiger partial charge < -0.3 is 0 Å². The van der Waals surface area contributed by atoms with E-state index in [1.54, 1.807) is 13.8 Å². The van der Waals surface area contributed by atoms with Crippen LogP contribution in [0.25, 0.3) is 0 Å². The van der Waals surface area contributed by atoms with Gasteiger partial charge in [-0.15, -0.1) is 0 Å². The van der Waals surface area contributed by atoms with Crippen molar-refractivity contribution in [3.63, 3.8) is 0 Å². The first kappa shape index (κ1) is 11.0. The summed E-state index contributed by atoms with van der Waals surface area (Å²) in [6, 6.07) is -0.00414. The lowest BCUT2D eigenvalue weighted by molar-refractivity contribution is -0.151. The minimum absolute atomic E-state index is 0.0521. The zero-order valence-corrected chi connectivity index (χ0v) is 8.37. The maximum Gasteiger partial charge on any atom is 0.333 e. The van der Waals surface area contributed by atoms with E-state index in [0.29, 0.717) is 13.1 Å². The highest BCUT2D eigenvalue weighted by molar-refractivity contribution is 5.14. The molecule has 0 aliphatic rings. The van der Waals surface area contributed by atoms with Crippen molar-refractivity contribution >= 4 is 0 Å². The quantitative estimate of drug-likeness (QED) is 0.694. The topological polar surface area (TPSA) is 16.1 Å². The molecule has 0 saturated heterocycles. The minimum atomic E-state index is -2.92. The van der Waals surface area contributed by atoms with Crippen LogP contribution in [0.3, 0.4) is 0 Å². The first-order valence-corrected chi connectivity index (χ1v) is 4.66. The van der Waals surface area contributed by atoms with Crippen molar-refractivity contribution in [1.29, 1.82) is 0 Å². The number of hydrogen-bond donors (Lipinski definition) is 0. The molecule has 0 spiro atoms. The van der Waals surface area contributed by atoms with E-state index in [2.05, 4.69) is 4.98 Å². The van der Waals surface area contributed by atoms with Crippen LogP contribution in [0.15, 0.2) is 24.5 Å². The normalized spacial score (nSPS) is 12.1. The molecule has 0 atom stereocenters. The SMILES string of the molecule is CCN(CC)C(F)(F)c1cccnc1. The Bertz CT molecular complexity index is 271. The van der Waals surface area contributed by atoms with Gasteiger partial charge in [-0.3, -0.25) is 4.98 Å². The van der Waals surface area contributed by atoms with Crippen LogP contribution < -0.4 is 0 Å². The summed E-state index contributed by atoms with van der Waals surface area (Å²) in [5.41, 5.74) is -0.0521. The second kappa shape index (κ2) is 4.46. The van der Waals surface area contributed by atoms with Crippen molar-refractivity contribution in [3.8, 4) is 0 Å². The molecular formula is C10H14F2N2. The van der Waals surface area contributed by atoms with Gasteiger partial charge >= 0.3 is 6.05 Å². The van der Waals surface area contributed by atoms with Gasteiger partial charge in [0.1, 0.15) is 0 Å². The predicted octanol–water partition coefficient (Wildman–Crippen LogP) is 2.47. The Morgan fingerprint density at radius 3 is 2.43 bits per heavy atom. The van der Waals surface area contributed by atoms with Crippen LogP contribution in [0.2, 0.25) is 0 Å². The smallest absolute Gasteiger partial charge is 0.264 e. The molecule has 1 rings (SSSR count). The van der Waals surface area contributed by atoms with Gasteiger partial charge in [0.05, 0.1) is 5.56 Å². The fourth-order valence-corrected chi connectivity index (χ4v) is 1.34. The summed E-state index contributed by atoms with van der Waals surface area (Å²) in [6.07, 6.45) is 2.69. The summed E-state index contributed by atoms with van der Waals surface area (Å²) < 4.78 is 27.4. The molecule has 1 heterocycles. The Kier molecular flexibility index (Phi) is 3.52. The first-order chi connectivity index (χ1) is 6.62. The molecule has 0 radical (unpaired) electrons. The molecule has 1 aromatic rings. The summed E-state index contributed by atoms with van der Waals surface area (Å²) in [5.74, 6) is 0. The van der Waals surface area contributed by atoms with Crippen molar-refractivity contribution in [2.24, 2.45) is 0 Å². The van der Waals surface area contributed by atoms with E-state index in [4.69, 9.17) is 0 Å². The lowest BCUT2D eigenvalue weighted by Crippen LogP contribution is -2.39. The fourth-order valence-electron chi connectivity index (χ4n) is 1.34. The number of hydrogen-bond acceptors (Lipinski definition) is 2. The van der Waals surface area contributed by atoms with Crippen LogP contribution in [0.4, 0.5) is 8.78 Å². The van der Waals surface area contributed by atoms with Gasteiger partial charge in [-0.2, -0.15) is 8.78 Å². The third-order valence-electron chi connectivity index (χ3n) is 2.17. The molecule has 0 N–H and O–H groups in total. The molecule has 4 heteroatoms. The highest BCUT2D eigenvalue weighted by atomic mass is 19.3. The van der Waals surface area contributed by atoms with Crippen molar-refractivity contribution in [1.82, 2.24) is 9.88 Å². The first-order valence-electron chi connectivity index (χ1n) is 4.66. The Labute approximate surface area is 82.6 Å². The van der Waals surface area contributed by atoms with E-state index in [1.807, 2.05) is 0 Å². The molecule has 78 valence electrons. The molecular weight excluding hydrogens is 186 g/mol. The zero-order valence-electron chi connectivity index (χ0n) is 8.37. The second-order valence-electron chi connectivity index (χ2n) is 2.96. The molecule has 0 saturated carbocycles. The van der Waals surface area contributed by atoms with Crippen molar-refractivity contribution < 1.29 is 8.78 Å². The number of aromatic nitrogens is 1. The summed E-state index contributed by atoms with van der Waals surface area (Å²) in [7, 11) is 0. The summed E-state index contributed by atoms with van der Waals surface area (Å²) in [6.45, 7) is 4.07. The highest BCUT2D eigenvalue weighted by Gasteiger charge is 2.37. The van der Waals surface area contributed by atoms with Crippen LogP contribution in [-0.4, -0.2) is 23.0 Å². The van der Waals surface area contributed by atoms with E-state index in [9.17, 15) is 8.78 Å². The number of halogens is 2. The average Bonchev–Trinajstić information content (AvgIpc) is 2.20. The molecule has 0 amide bonds. The summed E-state index contributed by atoms with van der Waals surface area (Å²) in [4.78, 5) is 4.80. The van der Waals surface area contributed by atoms with Crippen molar-refractivity contribution in [3.05, 3.63) is 30.1 Å². The molecule has 0 aliphatic carbocycles. The molecule has 0 unspecified atom stereocenters. The Morgan fingerprint density at radius 1 is 1.36 bits per heavy atom. The number of alkyl halides is 2. The number of rotatable bonds is 4. The standard InChI is InChI=1S/C10H14F2N2/c1-3-14(4-2)10(11,12)9-6-5-7-13-8-9/h5-8H,3-4H2,1-2H3. The highest BCUT2D eigenvalue weighted by Crippen LogP contribution is 2.30. The Morgan fingerprint density at radius 2 is 2.00 bits per heavy atom. The van der Waals surface area contributed by atoms with Crippen LogP contribution in [0.5, 0.6) is 0 Å². The summed E-state index contributed by atoms with van der Waals surface area (Å²) >= 11 is 0. The third-order valence-corrected chi connectivity index (χ3v) is 2.17. The second-order valence-corrected chi connectivity index (χ2v) is 2.96. The zero-order chi connectivity index (χ0) is 10.6. The van der Waals surface area contributed by atoms with E-state index in [-0.39, 0.29) is 5.56 Å². The van der Waals surface area contributed by atoms with Gasteiger partial charge in [0.2, 0.25) is 0 Å². The molecule has 0 bridgehead atoms. The van der Waals surface area contributed by atoms with Crippen molar-refractivity contribution in [2.75, 3.05) is 13.1 Å². The Balaban J connectivity index is 2.94. The van der Waals surface area contributed by atoms with Gasteiger partial charge in [0, 0.05) is 25.5 Å². The third kappa shape index (κ3) is 2.07. The van der Waals surface area contributed by atoms with E-state index in [1.165, 1.54) is 24.5 Å². The molecule has 14 heavy (non-hydrogen) atoms. The monoisotopic (exact) mass is 200 g/mol. The van der Waals surface area contributed by atoms with E-state index < -0.39 is 6.05 Å². The average molecular weight is 200 g/mol. The summed E-state index contributed by atoms with van der Waals surface area (Å²) in [5, 5.41) is 0. The predicted molar refractivity (Wildman–Crippen MR) is 51.1 cm³/mol. The molecule has 1 aromatic heterocycles. The van der Waals surface area contributed by atoms with Crippen molar-refractivity contribution in [2.45, 2.75) is 19.9 Å². The number of nitrogens with zero attached hydrogens (tertiary/aromatic N) is 2. The molecule has 2 nitrogen and oxygen atoms in total. The van der Waals surface area contributed by atoms with Crippen LogP contribution >= 0.6 is 0 Å². The van der Waals surface area contributed by atoms with E-state index in [0.717, 1.165) is 4.90 Å². The Hall–Kier alpha value is -1.03. The van der Waals surface area contributed by atoms with E-state index >= 15 is 0 Å². The van der Waals surface area contributed by atoms with Crippen LogP contribution in [-0.2, 0) is 6.05 Å². The fraction of sp³-hybridized carbons (Fsp3) is 0.500. The maximum atomic E-state index is 13.7. The molecule has 0 aliphatic heterocycles. The largest absolute Gasteiger partial charge is 0.333 e. The van der Waals surface area contributed by atoms with Gasteiger partial charge in [0.15, 0.2) is 0 Å². The van der Waals surface area contributed by atoms with Gasteiger partial charge in [-0.05, 0) is 12.1 Å². The van der Waals surface area contributed by atoms with Gasteiger partial charge in [0.25, 0.3) is 0 Å². The maximum absolute atomic E-state index is 13.7. The van der Waals surface area contributed by atoms with Crippen LogP contribution in [0, 0.1) is 0 Å². The lowest BCUT2D eigenvalue weighted by Gasteiger charge is -2.28. The lowest BCUT2D eigenvalue weighted by atomic mass is 10.2. The van der Waals surface area contributed by atoms with Gasteiger partial charge in [-0.25, -0.2) is 4.90 Å².